The number of carbonyl (C=O) groups is 2. The van der Waals surface area contributed by atoms with Gasteiger partial charge in [0.05, 0.1) is 5.92 Å². The van der Waals surface area contributed by atoms with Crippen molar-refractivity contribution in [3.63, 3.8) is 0 Å². The van der Waals surface area contributed by atoms with E-state index >= 15 is 0 Å². The van der Waals surface area contributed by atoms with Crippen LogP contribution in [0, 0.1) is 22.7 Å². The second-order valence-electron chi connectivity index (χ2n) is 6.77. The van der Waals surface area contributed by atoms with Crippen LogP contribution in [0.5, 0.6) is 0 Å². The van der Waals surface area contributed by atoms with Gasteiger partial charge in [-0.05, 0) is 24.2 Å². The van der Waals surface area contributed by atoms with Crippen LogP contribution >= 0.6 is 0 Å². The zero-order valence-corrected chi connectivity index (χ0v) is 11.8. The number of fused-ring (bicyclic) bond motifs is 2. The third-order valence-electron chi connectivity index (χ3n) is 5.87. The van der Waals surface area contributed by atoms with Crippen molar-refractivity contribution in [2.45, 2.75) is 33.6 Å². The van der Waals surface area contributed by atoms with Gasteiger partial charge in [0.25, 0.3) is 0 Å². The van der Waals surface area contributed by atoms with Gasteiger partial charge < -0.3 is 0 Å². The predicted octanol–water partition coefficient (Wildman–Crippen LogP) is 3.51. The van der Waals surface area contributed by atoms with Crippen LogP contribution in [0.1, 0.15) is 44.0 Å². The zero-order chi connectivity index (χ0) is 13.8. The molecule has 3 rings (SSSR count). The fourth-order valence-corrected chi connectivity index (χ4v) is 4.17. The molecule has 0 unspecified atom stereocenters. The third-order valence-corrected chi connectivity index (χ3v) is 5.87. The summed E-state index contributed by atoms with van der Waals surface area (Å²) in [5, 5.41) is 0. The lowest BCUT2D eigenvalue weighted by atomic mass is 9.70. The lowest BCUT2D eigenvalue weighted by Gasteiger charge is -2.32. The van der Waals surface area contributed by atoms with E-state index in [9.17, 15) is 9.59 Å². The van der Waals surface area contributed by atoms with E-state index in [0.717, 1.165) is 12.8 Å². The van der Waals surface area contributed by atoms with Crippen molar-refractivity contribution in [2.24, 2.45) is 22.7 Å². The van der Waals surface area contributed by atoms with Gasteiger partial charge in [-0.2, -0.15) is 0 Å². The molecule has 2 heteroatoms. The lowest BCUT2D eigenvalue weighted by molar-refractivity contribution is -0.130. The molecule has 0 aliphatic heterocycles. The largest absolute Gasteiger partial charge is 0.298 e. The number of carbonyl (C=O) groups excluding carboxylic acids is 2. The smallest absolute Gasteiger partial charge is 0.173 e. The van der Waals surface area contributed by atoms with Crippen LogP contribution in [0.2, 0.25) is 0 Å². The molecule has 2 saturated carbocycles. The first-order valence-corrected chi connectivity index (χ1v) is 7.03. The molecule has 2 aliphatic rings. The van der Waals surface area contributed by atoms with Crippen LogP contribution in [0.3, 0.4) is 0 Å². The van der Waals surface area contributed by atoms with Crippen molar-refractivity contribution in [1.82, 2.24) is 0 Å². The molecule has 0 heterocycles. The van der Waals surface area contributed by atoms with Gasteiger partial charge in [0.2, 0.25) is 0 Å². The highest BCUT2D eigenvalue weighted by atomic mass is 16.2. The Morgan fingerprint density at radius 2 is 1.79 bits per heavy atom. The standard InChI is InChI=1S/C17H20O2/c1-16(2)12-9-10-17(16,3)15(19)13(12)14(18)11-7-5-4-6-8-11/h4-8,12-13H,9-10H2,1-3H3/t12-,13+,17+/m0/s1. The number of ketones is 2. The average molecular weight is 256 g/mol. The number of hydrogen-bond donors (Lipinski definition) is 0. The predicted molar refractivity (Wildman–Crippen MR) is 73.9 cm³/mol. The zero-order valence-electron chi connectivity index (χ0n) is 11.8. The molecule has 2 bridgehead atoms. The van der Waals surface area contributed by atoms with Crippen molar-refractivity contribution < 1.29 is 9.59 Å². The molecular weight excluding hydrogens is 236 g/mol. The average Bonchev–Trinajstić information content (AvgIpc) is 2.71. The van der Waals surface area contributed by atoms with E-state index in [0.29, 0.717) is 5.56 Å². The molecule has 0 aromatic heterocycles. The van der Waals surface area contributed by atoms with E-state index in [4.69, 9.17) is 0 Å². The van der Waals surface area contributed by atoms with Crippen molar-refractivity contribution in [3.05, 3.63) is 35.9 Å². The summed E-state index contributed by atoms with van der Waals surface area (Å²) in [5.74, 6) is -0.0245. The van der Waals surface area contributed by atoms with Crippen LogP contribution < -0.4 is 0 Å². The minimum atomic E-state index is -0.420. The van der Waals surface area contributed by atoms with E-state index in [1.54, 1.807) is 0 Å². The topological polar surface area (TPSA) is 34.1 Å². The Balaban J connectivity index is 2.01. The molecule has 1 aromatic carbocycles. The van der Waals surface area contributed by atoms with Crippen molar-refractivity contribution in [2.75, 3.05) is 0 Å². The highest BCUT2D eigenvalue weighted by Crippen LogP contribution is 2.66. The van der Waals surface area contributed by atoms with E-state index in [-0.39, 0.29) is 28.3 Å². The van der Waals surface area contributed by atoms with Crippen LogP contribution in [-0.2, 0) is 4.79 Å². The Morgan fingerprint density at radius 1 is 1.16 bits per heavy atom. The van der Waals surface area contributed by atoms with Crippen LogP contribution in [0.4, 0.5) is 0 Å². The monoisotopic (exact) mass is 256 g/mol. The van der Waals surface area contributed by atoms with E-state index in [1.165, 1.54) is 0 Å². The first kappa shape index (κ1) is 12.6. The fraction of sp³-hybridized carbons (Fsp3) is 0.529. The number of benzene rings is 1. The summed E-state index contributed by atoms with van der Waals surface area (Å²) >= 11 is 0. The van der Waals surface area contributed by atoms with Gasteiger partial charge in [-0.15, -0.1) is 0 Å². The van der Waals surface area contributed by atoms with Crippen molar-refractivity contribution >= 4 is 11.6 Å². The molecule has 0 saturated heterocycles. The highest BCUT2D eigenvalue weighted by molar-refractivity contribution is 6.14. The van der Waals surface area contributed by atoms with E-state index < -0.39 is 5.92 Å². The molecule has 19 heavy (non-hydrogen) atoms. The lowest BCUT2D eigenvalue weighted by Crippen LogP contribution is -2.35. The maximum Gasteiger partial charge on any atom is 0.173 e. The van der Waals surface area contributed by atoms with E-state index in [1.807, 2.05) is 37.3 Å². The molecule has 100 valence electrons. The van der Waals surface area contributed by atoms with Gasteiger partial charge in [-0.25, -0.2) is 0 Å². The summed E-state index contributed by atoms with van der Waals surface area (Å²) in [4.78, 5) is 25.4. The number of rotatable bonds is 2. The van der Waals surface area contributed by atoms with Gasteiger partial charge in [-0.3, -0.25) is 9.59 Å². The van der Waals surface area contributed by atoms with Crippen molar-refractivity contribution in [3.8, 4) is 0 Å². The Labute approximate surface area is 114 Å². The van der Waals surface area contributed by atoms with Crippen LogP contribution in [0.15, 0.2) is 30.3 Å². The quantitative estimate of drug-likeness (QED) is 0.599. The SMILES string of the molecule is CC1(C)[C@H]2CC[C@]1(C)C(=O)[C@H]2C(=O)c1ccccc1. The molecule has 0 N–H and O–H groups in total. The van der Waals surface area contributed by atoms with E-state index in [2.05, 4.69) is 13.8 Å². The Hall–Kier alpha value is -1.44. The molecule has 0 spiro atoms. The summed E-state index contributed by atoms with van der Waals surface area (Å²) in [5.41, 5.74) is 0.305. The van der Waals surface area contributed by atoms with Gasteiger partial charge in [0.1, 0.15) is 5.78 Å². The Kier molecular flexibility index (Phi) is 2.51. The summed E-state index contributed by atoms with van der Waals surface area (Å²) in [7, 11) is 0. The second-order valence-corrected chi connectivity index (χ2v) is 6.77. The summed E-state index contributed by atoms with van der Waals surface area (Å²) in [6.07, 6.45) is 1.93. The van der Waals surface area contributed by atoms with Crippen molar-refractivity contribution in [1.29, 1.82) is 0 Å². The normalized spacial score (nSPS) is 35.6. The van der Waals surface area contributed by atoms with Gasteiger partial charge in [-0.1, -0.05) is 51.1 Å². The van der Waals surface area contributed by atoms with Gasteiger partial charge in [0, 0.05) is 11.0 Å². The minimum absolute atomic E-state index is 0.0205. The van der Waals surface area contributed by atoms with Crippen LogP contribution in [0.25, 0.3) is 0 Å². The van der Waals surface area contributed by atoms with Crippen LogP contribution in [-0.4, -0.2) is 11.6 Å². The second kappa shape index (κ2) is 3.78. The van der Waals surface area contributed by atoms with Gasteiger partial charge in [0.15, 0.2) is 5.78 Å². The molecule has 2 fully saturated rings. The summed E-state index contributed by atoms with van der Waals surface area (Å²) in [6, 6.07) is 9.24. The first-order chi connectivity index (χ1) is 8.89. The first-order valence-electron chi connectivity index (χ1n) is 7.03. The molecule has 2 nitrogen and oxygen atoms in total. The molecular formula is C17H20O2. The fourth-order valence-electron chi connectivity index (χ4n) is 4.17. The third kappa shape index (κ3) is 1.43. The molecule has 1 aromatic rings. The maximum atomic E-state index is 12.7. The highest BCUT2D eigenvalue weighted by Gasteiger charge is 2.67. The molecule has 0 radical (unpaired) electrons. The molecule has 2 aliphatic carbocycles. The van der Waals surface area contributed by atoms with Gasteiger partial charge >= 0.3 is 0 Å². The Bertz CT molecular complexity index is 544. The maximum absolute atomic E-state index is 12.7. The number of Topliss-reactive ketones (excluding diaryl/α,β-unsaturated/α-hetero) is 2. The minimum Gasteiger partial charge on any atom is -0.298 e. The summed E-state index contributed by atoms with van der Waals surface area (Å²) in [6.45, 7) is 6.36. The summed E-state index contributed by atoms with van der Waals surface area (Å²) < 4.78 is 0. The Morgan fingerprint density at radius 3 is 2.32 bits per heavy atom. The molecule has 3 atom stereocenters. The molecule has 0 amide bonds. The number of hydrogen-bond acceptors (Lipinski definition) is 2.